The van der Waals surface area contributed by atoms with Crippen LogP contribution < -0.4 is 10.2 Å². The molecule has 0 aliphatic carbocycles. The van der Waals surface area contributed by atoms with Gasteiger partial charge in [-0.25, -0.2) is 0 Å². The Morgan fingerprint density at radius 1 is 0.853 bits per heavy atom. The molecule has 2 aromatic carbocycles. The van der Waals surface area contributed by atoms with E-state index in [-0.39, 0.29) is 5.56 Å². The first-order valence-corrected chi connectivity index (χ1v) is 9.79. The fraction of sp³-hybridized carbons (Fsp3) is 0.286. The summed E-state index contributed by atoms with van der Waals surface area (Å²) < 4.78 is 16.0. The third kappa shape index (κ3) is 3.70. The lowest BCUT2D eigenvalue weighted by Crippen LogP contribution is -2.60. The van der Waals surface area contributed by atoms with Crippen molar-refractivity contribution in [2.45, 2.75) is 30.7 Å². The SMILES string of the molecule is O=c1c(O)c(-c2ccc(O)c(O)c2)oc2cc(O[C@H]3O[C@H](CO)[C@H](O)[C@@H](O)[C@H]3O)c(O)c(O)c12. The third-order valence-electron chi connectivity index (χ3n) is 5.40. The van der Waals surface area contributed by atoms with Gasteiger partial charge in [-0.05, 0) is 18.2 Å². The van der Waals surface area contributed by atoms with E-state index in [1.54, 1.807) is 0 Å². The number of rotatable bonds is 4. The second-order valence-electron chi connectivity index (χ2n) is 7.57. The number of hydrogen-bond acceptors (Lipinski definition) is 13. The van der Waals surface area contributed by atoms with Crippen LogP contribution in [0.15, 0.2) is 33.5 Å². The number of fused-ring (bicyclic) bond motifs is 1. The van der Waals surface area contributed by atoms with Gasteiger partial charge in [-0.2, -0.15) is 0 Å². The van der Waals surface area contributed by atoms with Crippen molar-refractivity contribution in [2.24, 2.45) is 0 Å². The fourth-order valence-corrected chi connectivity index (χ4v) is 3.53. The predicted octanol–water partition coefficient (Wildman–Crippen LogP) is -0.833. The van der Waals surface area contributed by atoms with Crippen molar-refractivity contribution >= 4 is 11.0 Å². The van der Waals surface area contributed by atoms with Crippen molar-refractivity contribution in [3.8, 4) is 45.8 Å². The normalized spacial score (nSPS) is 24.9. The van der Waals surface area contributed by atoms with Crippen LogP contribution in [0.1, 0.15) is 0 Å². The standard InChI is InChI=1S/C21H20O13/c22-5-11-14(26)17(29)19(31)21(34-11)33-10-4-9-12(15(27)13(10)25)16(28)18(30)20(32-9)6-1-2-7(23)8(24)3-6/h1-4,11,14,17,19,21-27,29-31H,5H2/t11-,14+,17-,19-,21+/m1/s1. The first kappa shape index (κ1) is 23.4. The van der Waals surface area contributed by atoms with Gasteiger partial charge in [0.15, 0.2) is 28.8 Å². The zero-order valence-electron chi connectivity index (χ0n) is 17.1. The Bertz CT molecular complexity index is 1300. The van der Waals surface area contributed by atoms with Gasteiger partial charge in [-0.15, -0.1) is 0 Å². The summed E-state index contributed by atoms with van der Waals surface area (Å²) in [6.45, 7) is -0.739. The van der Waals surface area contributed by atoms with Gasteiger partial charge in [0.2, 0.25) is 23.2 Å². The van der Waals surface area contributed by atoms with E-state index in [1.807, 2.05) is 0 Å². The maximum Gasteiger partial charge on any atom is 0.238 e. The molecule has 1 aliphatic heterocycles. The lowest BCUT2D eigenvalue weighted by Gasteiger charge is -2.39. The number of aliphatic hydroxyl groups excluding tert-OH is 4. The summed E-state index contributed by atoms with van der Waals surface area (Å²) in [5.74, 6) is -5.06. The highest BCUT2D eigenvalue weighted by Gasteiger charge is 2.45. The monoisotopic (exact) mass is 480 g/mol. The molecule has 0 bridgehead atoms. The van der Waals surface area contributed by atoms with Gasteiger partial charge < -0.3 is 59.8 Å². The lowest BCUT2D eigenvalue weighted by atomic mass is 9.99. The van der Waals surface area contributed by atoms with Gasteiger partial charge in [-0.1, -0.05) is 0 Å². The Balaban J connectivity index is 1.82. The van der Waals surface area contributed by atoms with Gasteiger partial charge in [0.1, 0.15) is 35.4 Å². The summed E-state index contributed by atoms with van der Waals surface area (Å²) in [6, 6.07) is 4.24. The highest BCUT2D eigenvalue weighted by atomic mass is 16.7. The highest BCUT2D eigenvalue weighted by Crippen LogP contribution is 2.44. The van der Waals surface area contributed by atoms with E-state index in [4.69, 9.17) is 13.9 Å². The number of aliphatic hydroxyl groups is 4. The van der Waals surface area contributed by atoms with Crippen LogP contribution in [-0.4, -0.2) is 83.3 Å². The molecule has 13 heteroatoms. The molecule has 1 aliphatic rings. The number of phenolic OH excluding ortho intramolecular Hbond substituents is 4. The largest absolute Gasteiger partial charge is 0.504 e. The van der Waals surface area contributed by atoms with Crippen molar-refractivity contribution < 1.29 is 59.8 Å². The van der Waals surface area contributed by atoms with E-state index in [2.05, 4.69) is 0 Å². The molecular formula is C21H20O13. The Kier molecular flexibility index (Phi) is 5.89. The molecule has 1 saturated heterocycles. The molecule has 1 aromatic heterocycles. The summed E-state index contributed by atoms with van der Waals surface area (Å²) in [5, 5.41) is 88.8. The van der Waals surface area contributed by atoms with Crippen LogP contribution in [0.3, 0.4) is 0 Å². The Morgan fingerprint density at radius 3 is 2.21 bits per heavy atom. The number of hydrogen-bond donors (Lipinski definition) is 9. The first-order valence-electron chi connectivity index (χ1n) is 9.79. The fourth-order valence-electron chi connectivity index (χ4n) is 3.53. The number of benzene rings is 2. The van der Waals surface area contributed by atoms with E-state index in [0.29, 0.717) is 0 Å². The van der Waals surface area contributed by atoms with Gasteiger partial charge >= 0.3 is 0 Å². The minimum Gasteiger partial charge on any atom is -0.504 e. The molecule has 0 spiro atoms. The van der Waals surface area contributed by atoms with Crippen molar-refractivity contribution in [3.05, 3.63) is 34.5 Å². The predicted molar refractivity (Wildman–Crippen MR) is 111 cm³/mol. The topological polar surface area (TPSA) is 231 Å². The van der Waals surface area contributed by atoms with Crippen LogP contribution in [0, 0.1) is 0 Å². The summed E-state index contributed by atoms with van der Waals surface area (Å²) in [5.41, 5.74) is -1.56. The van der Waals surface area contributed by atoms with Crippen LogP contribution in [0.2, 0.25) is 0 Å². The third-order valence-corrected chi connectivity index (χ3v) is 5.40. The Hall–Kier alpha value is -3.75. The Morgan fingerprint density at radius 2 is 1.56 bits per heavy atom. The first-order chi connectivity index (χ1) is 16.0. The molecule has 34 heavy (non-hydrogen) atoms. The molecule has 9 N–H and O–H groups in total. The van der Waals surface area contributed by atoms with E-state index >= 15 is 0 Å². The quantitative estimate of drug-likeness (QED) is 0.208. The molecule has 3 aromatic rings. The van der Waals surface area contributed by atoms with Gasteiger partial charge in [-0.3, -0.25) is 4.79 Å². The van der Waals surface area contributed by atoms with E-state index in [0.717, 1.165) is 18.2 Å². The smallest absolute Gasteiger partial charge is 0.238 e. The molecule has 13 nitrogen and oxygen atoms in total. The maximum atomic E-state index is 12.7. The molecule has 1 fully saturated rings. The molecule has 4 rings (SSSR count). The maximum absolute atomic E-state index is 12.7. The molecule has 0 radical (unpaired) electrons. The van der Waals surface area contributed by atoms with Crippen molar-refractivity contribution in [3.63, 3.8) is 0 Å². The molecule has 0 saturated carbocycles. The second kappa shape index (κ2) is 8.55. The number of phenols is 4. The zero-order valence-corrected chi connectivity index (χ0v) is 17.1. The zero-order chi connectivity index (χ0) is 24.9. The highest BCUT2D eigenvalue weighted by molar-refractivity contribution is 5.91. The minimum absolute atomic E-state index is 0.0178. The van der Waals surface area contributed by atoms with Crippen molar-refractivity contribution in [1.29, 1.82) is 0 Å². The van der Waals surface area contributed by atoms with Crippen LogP contribution in [-0.2, 0) is 4.74 Å². The van der Waals surface area contributed by atoms with Crippen molar-refractivity contribution in [2.75, 3.05) is 6.61 Å². The molecule has 0 unspecified atom stereocenters. The molecule has 182 valence electrons. The second-order valence-corrected chi connectivity index (χ2v) is 7.57. The summed E-state index contributed by atoms with van der Waals surface area (Å²) in [4.78, 5) is 12.7. The van der Waals surface area contributed by atoms with Crippen LogP contribution >= 0.6 is 0 Å². The van der Waals surface area contributed by atoms with E-state index in [9.17, 15) is 50.8 Å². The summed E-state index contributed by atoms with van der Waals surface area (Å²) in [7, 11) is 0. The van der Waals surface area contributed by atoms with Gasteiger partial charge in [0.05, 0.1) is 6.61 Å². The number of ether oxygens (including phenoxy) is 2. The molecule has 0 amide bonds. The molecular weight excluding hydrogens is 460 g/mol. The van der Waals surface area contributed by atoms with Crippen LogP contribution in [0.5, 0.6) is 34.5 Å². The van der Waals surface area contributed by atoms with E-state index < -0.39 is 94.0 Å². The average Bonchev–Trinajstić information content (AvgIpc) is 2.81. The Labute approximate surface area is 189 Å². The average molecular weight is 480 g/mol. The van der Waals surface area contributed by atoms with Crippen molar-refractivity contribution in [1.82, 2.24) is 0 Å². The van der Waals surface area contributed by atoms with Gasteiger partial charge in [0.25, 0.3) is 0 Å². The summed E-state index contributed by atoms with van der Waals surface area (Å²) >= 11 is 0. The minimum atomic E-state index is -1.84. The molecule has 5 atom stereocenters. The van der Waals surface area contributed by atoms with Crippen LogP contribution in [0.4, 0.5) is 0 Å². The van der Waals surface area contributed by atoms with Gasteiger partial charge in [0, 0.05) is 11.6 Å². The van der Waals surface area contributed by atoms with Crippen LogP contribution in [0.25, 0.3) is 22.3 Å². The number of aromatic hydroxyl groups is 5. The lowest BCUT2D eigenvalue weighted by molar-refractivity contribution is -0.277. The van der Waals surface area contributed by atoms with E-state index in [1.165, 1.54) is 6.07 Å². The molecule has 2 heterocycles. The summed E-state index contributed by atoms with van der Waals surface area (Å²) in [6.07, 6.45) is -8.32.